The van der Waals surface area contributed by atoms with Crippen LogP contribution in [0.25, 0.3) is 0 Å². The molecule has 21 heavy (non-hydrogen) atoms. The number of aromatic nitrogens is 2. The van der Waals surface area contributed by atoms with E-state index in [1.807, 2.05) is 18.2 Å². The lowest BCUT2D eigenvalue weighted by atomic mass is 10.2. The van der Waals surface area contributed by atoms with E-state index in [-0.39, 0.29) is 0 Å². The van der Waals surface area contributed by atoms with E-state index in [1.54, 1.807) is 0 Å². The number of nitrogens with one attached hydrogen (secondary N) is 1. The Hall–Kier alpha value is -1.32. The topological polar surface area (TPSA) is 29.9 Å². The van der Waals surface area contributed by atoms with Crippen molar-refractivity contribution in [3.8, 4) is 0 Å². The van der Waals surface area contributed by atoms with Crippen molar-refractivity contribution in [3.05, 3.63) is 51.8 Å². The normalized spacial score (nSPS) is 14.6. The Morgan fingerprint density at radius 3 is 2.76 bits per heavy atom. The third kappa shape index (κ3) is 3.47. The zero-order valence-electron chi connectivity index (χ0n) is 12.7. The number of nitrogens with zero attached hydrogens (tertiary/aromatic N) is 2. The quantitative estimate of drug-likeness (QED) is 0.882. The van der Waals surface area contributed by atoms with Gasteiger partial charge in [-0.3, -0.25) is 4.68 Å². The van der Waals surface area contributed by atoms with Crippen LogP contribution in [0.2, 0.25) is 5.02 Å². The van der Waals surface area contributed by atoms with Crippen LogP contribution >= 0.6 is 11.6 Å². The average molecular weight is 304 g/mol. The predicted octanol–water partition coefficient (Wildman–Crippen LogP) is 3.70. The lowest BCUT2D eigenvalue weighted by Crippen LogP contribution is -2.17. The van der Waals surface area contributed by atoms with Crippen molar-refractivity contribution < 1.29 is 0 Å². The minimum atomic E-state index is 0.731. The molecular weight excluding hydrogens is 282 g/mol. The third-order valence-corrected chi connectivity index (χ3v) is 4.61. The van der Waals surface area contributed by atoms with Crippen LogP contribution in [0.5, 0.6) is 0 Å². The maximum absolute atomic E-state index is 6.24. The van der Waals surface area contributed by atoms with Gasteiger partial charge in [-0.2, -0.15) is 5.10 Å². The van der Waals surface area contributed by atoms with Gasteiger partial charge in [0.25, 0.3) is 0 Å². The summed E-state index contributed by atoms with van der Waals surface area (Å²) in [5.41, 5.74) is 4.78. The van der Waals surface area contributed by atoms with Gasteiger partial charge in [0, 0.05) is 22.8 Å². The van der Waals surface area contributed by atoms with E-state index >= 15 is 0 Å². The Bertz CT molecular complexity index is 629. The second kappa shape index (κ2) is 6.20. The molecule has 112 valence electrons. The van der Waals surface area contributed by atoms with E-state index in [0.29, 0.717) is 0 Å². The number of hydrogen-bond acceptors (Lipinski definition) is 2. The van der Waals surface area contributed by atoms with E-state index in [9.17, 15) is 0 Å². The molecule has 0 aliphatic heterocycles. The van der Waals surface area contributed by atoms with Gasteiger partial charge >= 0.3 is 0 Å². The van der Waals surface area contributed by atoms with Gasteiger partial charge < -0.3 is 5.32 Å². The molecule has 1 saturated carbocycles. The Morgan fingerprint density at radius 1 is 1.29 bits per heavy atom. The van der Waals surface area contributed by atoms with Crippen LogP contribution in [0.3, 0.4) is 0 Å². The van der Waals surface area contributed by atoms with Gasteiger partial charge in [0.05, 0.1) is 12.2 Å². The highest BCUT2D eigenvalue weighted by Crippen LogP contribution is 2.27. The molecule has 0 unspecified atom stereocenters. The molecule has 0 spiro atoms. The molecule has 1 heterocycles. The highest BCUT2D eigenvalue weighted by molar-refractivity contribution is 6.31. The SMILES string of the molecule is Cc1nn(Cc2ccccc2Cl)c(C)c1CNCC1CC1. The van der Waals surface area contributed by atoms with E-state index < -0.39 is 0 Å². The van der Waals surface area contributed by atoms with Crippen LogP contribution in [0.15, 0.2) is 24.3 Å². The molecule has 1 aliphatic rings. The van der Waals surface area contributed by atoms with Crippen LogP contribution < -0.4 is 5.32 Å². The van der Waals surface area contributed by atoms with Gasteiger partial charge in [-0.1, -0.05) is 29.8 Å². The standard InChI is InChI=1S/C17H22ClN3/c1-12-16(10-19-9-14-7-8-14)13(2)21(20-12)11-15-5-3-4-6-17(15)18/h3-6,14,19H,7-11H2,1-2H3. The van der Waals surface area contributed by atoms with Gasteiger partial charge in [0.1, 0.15) is 0 Å². The summed E-state index contributed by atoms with van der Waals surface area (Å²) in [5.74, 6) is 0.906. The second-order valence-corrected chi connectivity index (χ2v) is 6.38. The number of aryl methyl sites for hydroxylation is 1. The minimum absolute atomic E-state index is 0.731. The van der Waals surface area contributed by atoms with E-state index in [2.05, 4.69) is 35.0 Å². The Balaban J connectivity index is 1.72. The van der Waals surface area contributed by atoms with Gasteiger partial charge in [-0.25, -0.2) is 0 Å². The molecule has 0 radical (unpaired) electrons. The lowest BCUT2D eigenvalue weighted by molar-refractivity contribution is 0.630. The van der Waals surface area contributed by atoms with Gasteiger partial charge in [-0.05, 0) is 50.8 Å². The molecule has 1 aliphatic carbocycles. The van der Waals surface area contributed by atoms with Crippen LogP contribution in [0.4, 0.5) is 0 Å². The summed E-state index contributed by atoms with van der Waals surface area (Å²) in [6.45, 7) is 7.01. The second-order valence-electron chi connectivity index (χ2n) is 5.97. The Labute approximate surface area is 131 Å². The summed E-state index contributed by atoms with van der Waals surface area (Å²) >= 11 is 6.24. The summed E-state index contributed by atoms with van der Waals surface area (Å²) in [6.07, 6.45) is 2.77. The minimum Gasteiger partial charge on any atom is -0.312 e. The van der Waals surface area contributed by atoms with E-state index in [4.69, 9.17) is 11.6 Å². The maximum Gasteiger partial charge on any atom is 0.0677 e. The average Bonchev–Trinajstić information content (AvgIpc) is 3.24. The fourth-order valence-corrected chi connectivity index (χ4v) is 2.85. The van der Waals surface area contributed by atoms with Crippen molar-refractivity contribution in [3.63, 3.8) is 0 Å². The molecule has 3 rings (SSSR count). The van der Waals surface area contributed by atoms with Crippen molar-refractivity contribution in [1.29, 1.82) is 0 Å². The first-order chi connectivity index (χ1) is 10.1. The van der Waals surface area contributed by atoms with Crippen LogP contribution in [0, 0.1) is 19.8 Å². The van der Waals surface area contributed by atoms with Crippen molar-refractivity contribution >= 4 is 11.6 Å². The fraction of sp³-hybridized carbons (Fsp3) is 0.471. The number of halogens is 1. The molecule has 0 saturated heterocycles. The smallest absolute Gasteiger partial charge is 0.0677 e. The number of rotatable bonds is 6. The third-order valence-electron chi connectivity index (χ3n) is 4.24. The first-order valence-electron chi connectivity index (χ1n) is 7.62. The van der Waals surface area contributed by atoms with E-state index in [1.165, 1.54) is 24.1 Å². The Kier molecular flexibility index (Phi) is 4.32. The van der Waals surface area contributed by atoms with Crippen molar-refractivity contribution in [2.24, 2.45) is 5.92 Å². The van der Waals surface area contributed by atoms with Gasteiger partial charge in [0.2, 0.25) is 0 Å². The van der Waals surface area contributed by atoms with Crippen molar-refractivity contribution in [2.75, 3.05) is 6.54 Å². The summed E-state index contributed by atoms with van der Waals surface area (Å²) < 4.78 is 2.06. The van der Waals surface area contributed by atoms with Crippen LogP contribution in [-0.4, -0.2) is 16.3 Å². The molecule has 1 aromatic carbocycles. The zero-order chi connectivity index (χ0) is 14.8. The lowest BCUT2D eigenvalue weighted by Gasteiger charge is -2.08. The zero-order valence-corrected chi connectivity index (χ0v) is 13.5. The van der Waals surface area contributed by atoms with Crippen molar-refractivity contribution in [1.82, 2.24) is 15.1 Å². The molecule has 0 atom stereocenters. The molecule has 4 heteroatoms. The number of benzene rings is 1. The molecule has 2 aromatic rings. The first kappa shape index (κ1) is 14.6. The molecule has 1 N–H and O–H groups in total. The molecule has 0 bridgehead atoms. The van der Waals surface area contributed by atoms with Gasteiger partial charge in [-0.15, -0.1) is 0 Å². The highest BCUT2D eigenvalue weighted by Gasteiger charge is 2.21. The molecule has 0 amide bonds. The van der Waals surface area contributed by atoms with Crippen LogP contribution in [-0.2, 0) is 13.1 Å². The summed E-state index contributed by atoms with van der Waals surface area (Å²) in [4.78, 5) is 0. The molecule has 1 fully saturated rings. The monoisotopic (exact) mass is 303 g/mol. The highest BCUT2D eigenvalue weighted by atomic mass is 35.5. The summed E-state index contributed by atoms with van der Waals surface area (Å²) in [6, 6.07) is 7.97. The van der Waals surface area contributed by atoms with Crippen molar-refractivity contribution in [2.45, 2.75) is 39.8 Å². The number of hydrogen-bond donors (Lipinski definition) is 1. The van der Waals surface area contributed by atoms with Crippen LogP contribution in [0.1, 0.15) is 35.4 Å². The predicted molar refractivity (Wildman–Crippen MR) is 86.7 cm³/mol. The fourth-order valence-electron chi connectivity index (χ4n) is 2.66. The van der Waals surface area contributed by atoms with E-state index in [0.717, 1.165) is 41.8 Å². The molecule has 3 nitrogen and oxygen atoms in total. The largest absolute Gasteiger partial charge is 0.312 e. The first-order valence-corrected chi connectivity index (χ1v) is 8.00. The maximum atomic E-state index is 6.24. The Morgan fingerprint density at radius 2 is 2.05 bits per heavy atom. The summed E-state index contributed by atoms with van der Waals surface area (Å²) in [5, 5.41) is 9.04. The van der Waals surface area contributed by atoms with Gasteiger partial charge in [0.15, 0.2) is 0 Å². The molecule has 1 aromatic heterocycles. The summed E-state index contributed by atoms with van der Waals surface area (Å²) in [7, 11) is 0. The molecular formula is C17H22ClN3.